The molecule has 2 aliphatic heterocycles. The number of aromatic nitrogens is 5. The largest absolute Gasteiger partial charge is 0.393 e. The lowest BCUT2D eigenvalue weighted by atomic mass is 9.98. The molecule has 1 spiro atoms. The number of carbonyl (C=O) groups excluding carboxylic acids is 1. The maximum absolute atomic E-state index is 13.2. The van der Waals surface area contributed by atoms with Crippen LogP contribution in [-0.2, 0) is 6.54 Å². The summed E-state index contributed by atoms with van der Waals surface area (Å²) in [7, 11) is 0. The number of aliphatic hydroxyl groups excluding tert-OH is 1. The minimum Gasteiger partial charge on any atom is -0.393 e. The van der Waals surface area contributed by atoms with Gasteiger partial charge in [-0.1, -0.05) is 13.8 Å². The van der Waals surface area contributed by atoms with Crippen molar-refractivity contribution in [2.24, 2.45) is 11.7 Å². The highest BCUT2D eigenvalue weighted by Crippen LogP contribution is 2.48. The molecule has 3 fully saturated rings. The van der Waals surface area contributed by atoms with E-state index in [-0.39, 0.29) is 23.2 Å². The highest BCUT2D eigenvalue weighted by Gasteiger charge is 2.53. The van der Waals surface area contributed by atoms with E-state index in [0.29, 0.717) is 42.4 Å². The Morgan fingerprint density at radius 3 is 2.81 bits per heavy atom. The van der Waals surface area contributed by atoms with Crippen molar-refractivity contribution in [3.05, 3.63) is 18.5 Å². The van der Waals surface area contributed by atoms with Gasteiger partial charge in [0.25, 0.3) is 0 Å². The Hall–Kier alpha value is -3.18. The molecular weight excluding hydrogens is 470 g/mol. The van der Waals surface area contributed by atoms with Crippen molar-refractivity contribution in [1.82, 2.24) is 29.9 Å². The van der Waals surface area contributed by atoms with Gasteiger partial charge in [0.1, 0.15) is 5.69 Å². The summed E-state index contributed by atoms with van der Waals surface area (Å²) >= 11 is 0. The normalized spacial score (nSPS) is 25.0. The number of nitrogens with two attached hydrogens (primary N) is 1. The number of fused-ring (bicyclic) bond motifs is 1. The molecule has 5 heterocycles. The molecule has 2 amide bonds. The number of piperidine rings is 1. The van der Waals surface area contributed by atoms with Crippen LogP contribution >= 0.6 is 0 Å². The topological polar surface area (TPSA) is 141 Å². The summed E-state index contributed by atoms with van der Waals surface area (Å²) in [5, 5.41) is 26.4. The maximum Gasteiger partial charge on any atom is 0.322 e. The summed E-state index contributed by atoms with van der Waals surface area (Å²) in [4.78, 5) is 22.1. The summed E-state index contributed by atoms with van der Waals surface area (Å²) in [6, 6.07) is 1.87. The molecule has 2 unspecified atom stereocenters. The van der Waals surface area contributed by atoms with Gasteiger partial charge in [0, 0.05) is 43.5 Å². The predicted octanol–water partition coefficient (Wildman–Crippen LogP) is 2.93. The summed E-state index contributed by atoms with van der Waals surface area (Å²) in [6.07, 6.45) is 7.23. The van der Waals surface area contributed by atoms with E-state index >= 15 is 0 Å². The molecule has 1 saturated carbocycles. The zero-order valence-electron chi connectivity index (χ0n) is 21.9. The van der Waals surface area contributed by atoms with Crippen LogP contribution in [0.2, 0.25) is 0 Å². The second-order valence-corrected chi connectivity index (χ2v) is 11.9. The van der Waals surface area contributed by atoms with Gasteiger partial charge in [-0.05, 0) is 51.0 Å². The number of carbonyl (C=O) groups is 1. The Balaban J connectivity index is 1.30. The SMILES string of the molecule is CC(C)Cn1nc(N2CCC(C)(N)C2)c2cnc(-c3[nH]ncc3NC(=O)N3CCC(O)CC34CC4)cc21. The summed E-state index contributed by atoms with van der Waals surface area (Å²) < 4.78 is 2.05. The van der Waals surface area contributed by atoms with Gasteiger partial charge in [0.2, 0.25) is 0 Å². The molecule has 3 aliphatic rings. The highest BCUT2D eigenvalue weighted by atomic mass is 16.3. The number of hydrogen-bond donors (Lipinski definition) is 4. The standard InChI is InChI=1S/C26H37N9O2/c1-16(2)14-35-21-10-19(28-12-18(21)23(32-35)33-9-7-25(3,27)15-33)22-20(13-29-31-22)30-24(37)34-8-4-17(36)11-26(34)5-6-26/h10,12-13,16-17,36H,4-9,11,14-15,27H2,1-3H3,(H,29,31)(H,30,37). The monoisotopic (exact) mass is 507 g/mol. The maximum atomic E-state index is 13.2. The molecule has 11 heteroatoms. The zero-order valence-corrected chi connectivity index (χ0v) is 21.9. The molecule has 6 rings (SSSR count). The summed E-state index contributed by atoms with van der Waals surface area (Å²) in [6.45, 7) is 9.40. The van der Waals surface area contributed by atoms with Gasteiger partial charge in [-0.15, -0.1) is 0 Å². The van der Waals surface area contributed by atoms with Crippen LogP contribution in [0, 0.1) is 5.92 Å². The molecule has 2 saturated heterocycles. The average molecular weight is 508 g/mol. The Labute approximate surface area is 216 Å². The second-order valence-electron chi connectivity index (χ2n) is 11.9. The molecule has 3 aromatic rings. The van der Waals surface area contributed by atoms with Gasteiger partial charge < -0.3 is 26.0 Å². The number of nitrogens with zero attached hydrogens (tertiary/aromatic N) is 6. The molecule has 1 aliphatic carbocycles. The van der Waals surface area contributed by atoms with E-state index in [1.54, 1.807) is 6.20 Å². The predicted molar refractivity (Wildman–Crippen MR) is 142 cm³/mol. The van der Waals surface area contributed by atoms with Crippen LogP contribution in [0.15, 0.2) is 18.5 Å². The lowest BCUT2D eigenvalue weighted by Gasteiger charge is -2.38. The first-order chi connectivity index (χ1) is 17.6. The zero-order chi connectivity index (χ0) is 25.9. The van der Waals surface area contributed by atoms with E-state index in [2.05, 4.69) is 45.9 Å². The van der Waals surface area contributed by atoms with Gasteiger partial charge in [0.15, 0.2) is 5.82 Å². The van der Waals surface area contributed by atoms with Crippen LogP contribution in [-0.4, -0.2) is 77.8 Å². The Morgan fingerprint density at radius 1 is 1.30 bits per heavy atom. The van der Waals surface area contributed by atoms with Crippen molar-refractivity contribution < 1.29 is 9.90 Å². The fourth-order valence-corrected chi connectivity index (χ4v) is 5.93. The molecule has 11 nitrogen and oxygen atoms in total. The molecule has 37 heavy (non-hydrogen) atoms. The van der Waals surface area contributed by atoms with Crippen molar-refractivity contribution >= 4 is 28.4 Å². The van der Waals surface area contributed by atoms with Gasteiger partial charge in [0.05, 0.1) is 34.6 Å². The van der Waals surface area contributed by atoms with Crippen LogP contribution in [0.4, 0.5) is 16.3 Å². The fraction of sp³-hybridized carbons (Fsp3) is 0.615. The molecule has 3 aromatic heterocycles. The first-order valence-corrected chi connectivity index (χ1v) is 13.3. The number of likely N-dealkylation sites (tertiary alicyclic amines) is 1. The van der Waals surface area contributed by atoms with E-state index in [4.69, 9.17) is 15.8 Å². The number of nitrogens with one attached hydrogen (secondary N) is 2. The molecule has 2 atom stereocenters. The summed E-state index contributed by atoms with van der Waals surface area (Å²) in [5.74, 6) is 1.34. The molecule has 0 radical (unpaired) electrons. The van der Waals surface area contributed by atoms with Gasteiger partial charge >= 0.3 is 6.03 Å². The third-order valence-electron chi connectivity index (χ3n) is 8.04. The quantitative estimate of drug-likeness (QED) is 0.416. The number of pyridine rings is 1. The molecular formula is C26H37N9O2. The van der Waals surface area contributed by atoms with Crippen molar-refractivity contribution in [1.29, 1.82) is 0 Å². The molecule has 0 aromatic carbocycles. The highest BCUT2D eigenvalue weighted by molar-refractivity contribution is 5.96. The molecule has 0 bridgehead atoms. The number of urea groups is 1. The van der Waals surface area contributed by atoms with Crippen LogP contribution in [0.1, 0.15) is 52.9 Å². The molecule has 198 valence electrons. The Kier molecular flexibility index (Phi) is 5.68. The van der Waals surface area contributed by atoms with E-state index in [1.165, 1.54) is 0 Å². The number of aliphatic hydroxyl groups is 1. The van der Waals surface area contributed by atoms with Gasteiger partial charge in [-0.2, -0.15) is 10.2 Å². The average Bonchev–Trinajstić information content (AvgIpc) is 3.16. The first kappa shape index (κ1) is 24.2. The number of anilines is 2. The van der Waals surface area contributed by atoms with Crippen LogP contribution < -0.4 is 16.0 Å². The van der Waals surface area contributed by atoms with E-state index < -0.39 is 0 Å². The van der Waals surface area contributed by atoms with Crippen LogP contribution in [0.5, 0.6) is 0 Å². The number of amides is 2. The minimum atomic E-state index is -0.327. The fourth-order valence-electron chi connectivity index (χ4n) is 5.93. The van der Waals surface area contributed by atoms with Gasteiger partial charge in [-0.3, -0.25) is 14.8 Å². The second kappa shape index (κ2) is 8.70. The number of aromatic amines is 1. The number of H-pyrrole nitrogens is 1. The number of rotatable bonds is 5. The Bertz CT molecular complexity index is 1320. The molecule has 5 N–H and O–H groups in total. The summed E-state index contributed by atoms with van der Waals surface area (Å²) in [5.41, 5.74) is 8.92. The van der Waals surface area contributed by atoms with Crippen LogP contribution in [0.25, 0.3) is 22.3 Å². The first-order valence-electron chi connectivity index (χ1n) is 13.3. The third kappa shape index (κ3) is 4.44. The minimum absolute atomic E-state index is 0.154. The lowest BCUT2D eigenvalue weighted by Crippen LogP contribution is -2.51. The van der Waals surface area contributed by atoms with Crippen molar-refractivity contribution in [3.8, 4) is 11.4 Å². The smallest absolute Gasteiger partial charge is 0.322 e. The third-order valence-corrected chi connectivity index (χ3v) is 8.04. The van der Waals surface area contributed by atoms with E-state index in [0.717, 1.165) is 55.6 Å². The number of hydrogen-bond acceptors (Lipinski definition) is 7. The Morgan fingerprint density at radius 2 is 2.11 bits per heavy atom. The van der Waals surface area contributed by atoms with Crippen LogP contribution in [0.3, 0.4) is 0 Å². The lowest BCUT2D eigenvalue weighted by molar-refractivity contribution is 0.0527. The van der Waals surface area contributed by atoms with E-state index in [9.17, 15) is 9.90 Å². The van der Waals surface area contributed by atoms with Crippen molar-refractivity contribution in [2.45, 2.75) is 76.6 Å². The van der Waals surface area contributed by atoms with Gasteiger partial charge in [-0.25, -0.2) is 4.79 Å². The van der Waals surface area contributed by atoms with Crippen molar-refractivity contribution in [2.75, 3.05) is 29.9 Å². The van der Waals surface area contributed by atoms with E-state index in [1.807, 2.05) is 17.2 Å². The van der Waals surface area contributed by atoms with Crippen molar-refractivity contribution in [3.63, 3.8) is 0 Å².